The maximum absolute atomic E-state index is 13.5. The average Bonchev–Trinajstić information content (AvgIpc) is 2.82. The van der Waals surface area contributed by atoms with Crippen molar-refractivity contribution in [1.82, 2.24) is 4.90 Å². The van der Waals surface area contributed by atoms with E-state index in [-0.39, 0.29) is 11.9 Å². The van der Waals surface area contributed by atoms with Crippen molar-refractivity contribution in [3.05, 3.63) is 29.8 Å². The highest BCUT2D eigenvalue weighted by atomic mass is 19.2. The summed E-state index contributed by atoms with van der Waals surface area (Å²) in [6, 6.07) is 3.78. The zero-order valence-corrected chi connectivity index (χ0v) is 12.4. The Morgan fingerprint density at radius 3 is 2.71 bits per heavy atom. The molecule has 116 valence electrons. The summed E-state index contributed by atoms with van der Waals surface area (Å²) in [5, 5.41) is 0. The average molecular weight is 299 g/mol. The van der Waals surface area contributed by atoms with Crippen molar-refractivity contribution < 1.29 is 23.0 Å². The molecule has 2 rings (SSSR count). The first-order valence-electron chi connectivity index (χ1n) is 6.85. The lowest BCUT2D eigenvalue weighted by atomic mass is 10.2. The van der Waals surface area contributed by atoms with Gasteiger partial charge in [0.25, 0.3) is 0 Å². The van der Waals surface area contributed by atoms with Crippen LogP contribution in [0.2, 0.25) is 0 Å². The van der Waals surface area contributed by atoms with Crippen molar-refractivity contribution >= 4 is 6.09 Å². The van der Waals surface area contributed by atoms with Crippen LogP contribution in [0.3, 0.4) is 0 Å². The van der Waals surface area contributed by atoms with E-state index < -0.39 is 23.3 Å². The highest BCUT2D eigenvalue weighted by molar-refractivity contribution is 5.68. The molecule has 0 spiro atoms. The van der Waals surface area contributed by atoms with Crippen molar-refractivity contribution in [1.29, 1.82) is 0 Å². The molecule has 0 saturated carbocycles. The number of halogens is 2. The van der Waals surface area contributed by atoms with Gasteiger partial charge >= 0.3 is 6.09 Å². The summed E-state index contributed by atoms with van der Waals surface area (Å²) in [5.41, 5.74) is -0.565. The summed E-state index contributed by atoms with van der Waals surface area (Å²) >= 11 is 0. The lowest BCUT2D eigenvalue weighted by Crippen LogP contribution is -2.36. The third-order valence-corrected chi connectivity index (χ3v) is 3.01. The fraction of sp³-hybridized carbons (Fsp3) is 0.533. The molecule has 1 aliphatic heterocycles. The van der Waals surface area contributed by atoms with Crippen molar-refractivity contribution in [3.8, 4) is 5.75 Å². The number of hydrogen-bond donors (Lipinski definition) is 0. The molecular weight excluding hydrogens is 280 g/mol. The zero-order valence-electron chi connectivity index (χ0n) is 12.4. The maximum atomic E-state index is 13.5. The van der Waals surface area contributed by atoms with Gasteiger partial charge in [-0.25, -0.2) is 9.18 Å². The molecule has 1 aromatic rings. The van der Waals surface area contributed by atoms with Crippen LogP contribution in [0.4, 0.5) is 13.6 Å². The molecule has 4 nitrogen and oxygen atoms in total. The van der Waals surface area contributed by atoms with Gasteiger partial charge in [-0.1, -0.05) is 6.07 Å². The normalized spacial score (nSPS) is 18.7. The molecule has 1 aliphatic rings. The topological polar surface area (TPSA) is 38.8 Å². The smallest absolute Gasteiger partial charge is 0.410 e. The Balaban J connectivity index is 1.94. The number of amides is 1. The number of hydrogen-bond acceptors (Lipinski definition) is 3. The van der Waals surface area contributed by atoms with Gasteiger partial charge in [0.2, 0.25) is 5.82 Å². The zero-order chi connectivity index (χ0) is 15.6. The van der Waals surface area contributed by atoms with Crippen LogP contribution in [-0.2, 0) is 4.74 Å². The fourth-order valence-corrected chi connectivity index (χ4v) is 2.07. The highest BCUT2D eigenvalue weighted by Gasteiger charge is 2.31. The van der Waals surface area contributed by atoms with E-state index in [1.165, 1.54) is 17.0 Å². The fourth-order valence-electron chi connectivity index (χ4n) is 2.07. The van der Waals surface area contributed by atoms with Crippen LogP contribution in [0.25, 0.3) is 0 Å². The maximum Gasteiger partial charge on any atom is 0.410 e. The Bertz CT molecular complexity index is 528. The van der Waals surface area contributed by atoms with Gasteiger partial charge in [-0.05, 0) is 32.9 Å². The molecule has 0 radical (unpaired) electrons. The summed E-state index contributed by atoms with van der Waals surface area (Å²) in [4.78, 5) is 13.4. The third kappa shape index (κ3) is 4.06. The molecule has 0 bridgehead atoms. The highest BCUT2D eigenvalue weighted by Crippen LogP contribution is 2.24. The molecule has 1 aromatic carbocycles. The largest absolute Gasteiger partial charge is 0.485 e. The molecule has 1 atom stereocenters. The van der Waals surface area contributed by atoms with E-state index in [4.69, 9.17) is 9.47 Å². The second kappa shape index (κ2) is 5.87. The number of likely N-dealkylation sites (tertiary alicyclic amines) is 1. The first-order valence-corrected chi connectivity index (χ1v) is 6.85. The van der Waals surface area contributed by atoms with Gasteiger partial charge in [0.1, 0.15) is 11.7 Å². The Labute approximate surface area is 122 Å². The monoisotopic (exact) mass is 299 g/mol. The minimum atomic E-state index is -1.01. The molecule has 0 N–H and O–H groups in total. The molecule has 0 aromatic heterocycles. The van der Waals surface area contributed by atoms with Crippen LogP contribution in [0.15, 0.2) is 18.2 Å². The standard InChI is InChI=1S/C15H19F2NO3/c1-15(2,3)21-14(19)18-8-7-10(9-18)20-12-6-4-5-11(16)13(12)17/h4-6,10H,7-9H2,1-3H3/t10-/m1/s1. The van der Waals surface area contributed by atoms with Crippen LogP contribution < -0.4 is 4.74 Å². The SMILES string of the molecule is CC(C)(C)OC(=O)N1CC[C@@H](Oc2cccc(F)c2F)C1. The number of carbonyl (C=O) groups is 1. The predicted octanol–water partition coefficient (Wildman–Crippen LogP) is 3.35. The Morgan fingerprint density at radius 1 is 1.33 bits per heavy atom. The molecule has 1 heterocycles. The summed E-state index contributed by atoms with van der Waals surface area (Å²) in [6.45, 7) is 6.13. The number of nitrogens with zero attached hydrogens (tertiary/aromatic N) is 1. The van der Waals surface area contributed by atoms with Gasteiger partial charge in [0, 0.05) is 13.0 Å². The Hall–Kier alpha value is -1.85. The number of rotatable bonds is 2. The van der Waals surface area contributed by atoms with E-state index in [2.05, 4.69) is 0 Å². The molecule has 0 aliphatic carbocycles. The van der Waals surface area contributed by atoms with Gasteiger partial charge in [-0.3, -0.25) is 0 Å². The number of carbonyl (C=O) groups excluding carboxylic acids is 1. The second-order valence-electron chi connectivity index (χ2n) is 6.01. The summed E-state index contributed by atoms with van der Waals surface area (Å²) in [6.07, 6.45) is -0.239. The van der Waals surface area contributed by atoms with Gasteiger partial charge in [0.05, 0.1) is 6.54 Å². The van der Waals surface area contributed by atoms with E-state index >= 15 is 0 Å². The van der Waals surface area contributed by atoms with E-state index in [9.17, 15) is 13.6 Å². The summed E-state index contributed by atoms with van der Waals surface area (Å²) < 4.78 is 37.3. The van der Waals surface area contributed by atoms with Crippen molar-refractivity contribution in [2.75, 3.05) is 13.1 Å². The van der Waals surface area contributed by atoms with Crippen molar-refractivity contribution in [2.24, 2.45) is 0 Å². The van der Waals surface area contributed by atoms with Crippen LogP contribution in [0, 0.1) is 11.6 Å². The van der Waals surface area contributed by atoms with E-state index in [0.29, 0.717) is 19.5 Å². The molecule has 21 heavy (non-hydrogen) atoms. The van der Waals surface area contributed by atoms with Crippen LogP contribution in [-0.4, -0.2) is 35.8 Å². The lowest BCUT2D eigenvalue weighted by Gasteiger charge is -2.24. The molecule has 1 amide bonds. The summed E-state index contributed by atoms with van der Waals surface area (Å²) in [7, 11) is 0. The predicted molar refractivity (Wildman–Crippen MR) is 73.2 cm³/mol. The van der Waals surface area contributed by atoms with Crippen LogP contribution in [0.1, 0.15) is 27.2 Å². The number of benzene rings is 1. The van der Waals surface area contributed by atoms with E-state index in [0.717, 1.165) is 6.07 Å². The number of ether oxygens (including phenoxy) is 2. The first-order chi connectivity index (χ1) is 9.76. The summed E-state index contributed by atoms with van der Waals surface area (Å²) in [5.74, 6) is -2.09. The molecule has 1 saturated heterocycles. The lowest BCUT2D eigenvalue weighted by molar-refractivity contribution is 0.0275. The molecule has 6 heteroatoms. The first kappa shape index (κ1) is 15.5. The minimum absolute atomic E-state index is 0.133. The Morgan fingerprint density at radius 2 is 2.05 bits per heavy atom. The molecule has 0 unspecified atom stereocenters. The van der Waals surface area contributed by atoms with Gasteiger partial charge in [0.15, 0.2) is 11.6 Å². The van der Waals surface area contributed by atoms with Gasteiger partial charge < -0.3 is 14.4 Å². The van der Waals surface area contributed by atoms with E-state index in [1.807, 2.05) is 0 Å². The van der Waals surface area contributed by atoms with Gasteiger partial charge in [-0.15, -0.1) is 0 Å². The van der Waals surface area contributed by atoms with Crippen molar-refractivity contribution in [2.45, 2.75) is 38.9 Å². The van der Waals surface area contributed by atoms with Gasteiger partial charge in [-0.2, -0.15) is 4.39 Å². The van der Waals surface area contributed by atoms with Crippen LogP contribution in [0.5, 0.6) is 5.75 Å². The van der Waals surface area contributed by atoms with Crippen LogP contribution >= 0.6 is 0 Å². The second-order valence-corrected chi connectivity index (χ2v) is 6.01. The molecular formula is C15H19F2NO3. The Kier molecular flexibility index (Phi) is 4.34. The third-order valence-electron chi connectivity index (χ3n) is 3.01. The quantitative estimate of drug-likeness (QED) is 0.840. The van der Waals surface area contributed by atoms with Crippen molar-refractivity contribution in [3.63, 3.8) is 0 Å². The minimum Gasteiger partial charge on any atom is -0.485 e. The molecule has 1 fully saturated rings. The van der Waals surface area contributed by atoms with E-state index in [1.54, 1.807) is 20.8 Å².